The lowest BCUT2D eigenvalue weighted by Gasteiger charge is -2.14. The van der Waals surface area contributed by atoms with E-state index >= 15 is 0 Å². The summed E-state index contributed by atoms with van der Waals surface area (Å²) in [5, 5.41) is 10.7. The van der Waals surface area contributed by atoms with E-state index in [0.717, 1.165) is 0 Å². The van der Waals surface area contributed by atoms with Crippen molar-refractivity contribution < 1.29 is 13.6 Å². The first-order valence-electron chi connectivity index (χ1n) is 6.88. The first-order valence-corrected chi connectivity index (χ1v) is 7.87. The number of benzene rings is 1. The fourth-order valence-corrected chi connectivity index (χ4v) is 2.71. The second kappa shape index (κ2) is 7.40. The molecule has 0 aliphatic carbocycles. The molecule has 1 heterocycles. The lowest BCUT2D eigenvalue weighted by Crippen LogP contribution is -2.35. The molecule has 124 valence electrons. The summed E-state index contributed by atoms with van der Waals surface area (Å²) in [5.41, 5.74) is 5.51. The summed E-state index contributed by atoms with van der Waals surface area (Å²) < 4.78 is 28.7. The number of carbonyl (C=O) groups is 1. The summed E-state index contributed by atoms with van der Waals surface area (Å²) in [6, 6.07) is 3.29. The van der Waals surface area contributed by atoms with Crippen LogP contribution in [0.15, 0.2) is 23.4 Å². The van der Waals surface area contributed by atoms with Crippen molar-refractivity contribution in [2.24, 2.45) is 7.05 Å². The number of nitrogen functional groups attached to an aromatic ring is 1. The maximum Gasteiger partial charge on any atom is 0.230 e. The molecule has 0 bridgehead atoms. The van der Waals surface area contributed by atoms with Gasteiger partial charge in [0, 0.05) is 18.7 Å². The number of nitrogens with zero attached hydrogens (tertiary/aromatic N) is 3. The zero-order valence-electron chi connectivity index (χ0n) is 12.7. The Labute approximate surface area is 136 Å². The molecule has 9 heteroatoms. The van der Waals surface area contributed by atoms with Crippen LogP contribution in [0.25, 0.3) is 0 Å². The number of carbonyl (C=O) groups excluding carboxylic acids is 1. The molecule has 0 aliphatic rings. The van der Waals surface area contributed by atoms with Crippen molar-refractivity contribution in [3.63, 3.8) is 0 Å². The summed E-state index contributed by atoms with van der Waals surface area (Å²) >= 11 is 1.18. The summed E-state index contributed by atoms with van der Waals surface area (Å²) in [6.07, 6.45) is 0.0752. The molecular weight excluding hydrogens is 324 g/mol. The minimum absolute atomic E-state index is 0.0333. The van der Waals surface area contributed by atoms with E-state index in [1.807, 2.05) is 0 Å². The van der Waals surface area contributed by atoms with Gasteiger partial charge in [0.1, 0.15) is 11.6 Å². The van der Waals surface area contributed by atoms with Crippen LogP contribution in [0.5, 0.6) is 0 Å². The SMILES string of the molecule is CC(Cc1c(F)cccc1F)NC(=O)CSc1nnc(N)n1C. The highest BCUT2D eigenvalue weighted by Crippen LogP contribution is 2.17. The Bertz CT molecular complexity index is 686. The highest BCUT2D eigenvalue weighted by Gasteiger charge is 2.15. The smallest absolute Gasteiger partial charge is 0.230 e. The van der Waals surface area contributed by atoms with Gasteiger partial charge in [-0.3, -0.25) is 9.36 Å². The predicted octanol–water partition coefficient (Wildman–Crippen LogP) is 1.51. The van der Waals surface area contributed by atoms with Crippen molar-refractivity contribution in [1.82, 2.24) is 20.1 Å². The molecule has 0 spiro atoms. The first-order chi connectivity index (χ1) is 10.9. The van der Waals surface area contributed by atoms with Gasteiger partial charge in [-0.15, -0.1) is 10.2 Å². The predicted molar refractivity (Wildman–Crippen MR) is 83.8 cm³/mol. The molecule has 0 aliphatic heterocycles. The van der Waals surface area contributed by atoms with Crippen LogP contribution in [0.4, 0.5) is 14.7 Å². The third-order valence-corrected chi connectivity index (χ3v) is 4.20. The molecule has 0 radical (unpaired) electrons. The summed E-state index contributed by atoms with van der Waals surface area (Å²) in [5.74, 6) is -1.13. The van der Waals surface area contributed by atoms with Crippen LogP contribution in [0.2, 0.25) is 0 Å². The largest absolute Gasteiger partial charge is 0.368 e. The van der Waals surface area contributed by atoms with E-state index < -0.39 is 17.7 Å². The summed E-state index contributed by atoms with van der Waals surface area (Å²) in [4.78, 5) is 11.9. The average molecular weight is 341 g/mol. The van der Waals surface area contributed by atoms with E-state index in [4.69, 9.17) is 5.73 Å². The van der Waals surface area contributed by atoms with Crippen molar-refractivity contribution in [3.8, 4) is 0 Å². The molecular formula is C14H17F2N5OS. The summed E-state index contributed by atoms with van der Waals surface area (Å²) in [6.45, 7) is 1.69. The molecule has 0 fully saturated rings. The van der Waals surface area contributed by atoms with Crippen molar-refractivity contribution in [3.05, 3.63) is 35.4 Å². The quantitative estimate of drug-likeness (QED) is 0.778. The minimum Gasteiger partial charge on any atom is -0.368 e. The Morgan fingerprint density at radius 2 is 2.04 bits per heavy atom. The molecule has 1 aromatic heterocycles. The molecule has 0 saturated heterocycles. The fourth-order valence-electron chi connectivity index (χ4n) is 1.98. The molecule has 1 atom stereocenters. The number of aromatic nitrogens is 3. The van der Waals surface area contributed by atoms with Gasteiger partial charge in [-0.2, -0.15) is 0 Å². The average Bonchev–Trinajstić information content (AvgIpc) is 2.81. The van der Waals surface area contributed by atoms with Crippen LogP contribution in [-0.4, -0.2) is 32.5 Å². The highest BCUT2D eigenvalue weighted by molar-refractivity contribution is 7.99. The van der Waals surface area contributed by atoms with Crippen molar-refractivity contribution in [2.45, 2.75) is 24.5 Å². The van der Waals surface area contributed by atoms with Crippen LogP contribution in [-0.2, 0) is 18.3 Å². The molecule has 2 aromatic rings. The molecule has 0 saturated carbocycles. The summed E-state index contributed by atoms with van der Waals surface area (Å²) in [7, 11) is 1.69. The second-order valence-corrected chi connectivity index (χ2v) is 6.00. The Balaban J connectivity index is 1.86. The standard InChI is InChI=1S/C14H17F2N5OS/c1-8(6-9-10(15)4-3-5-11(9)16)18-12(22)7-23-14-20-19-13(17)21(14)2/h3-5,8H,6-7H2,1-2H3,(H2,17,19)(H,18,22). The van der Waals surface area contributed by atoms with Gasteiger partial charge in [-0.25, -0.2) is 8.78 Å². The molecule has 1 amide bonds. The van der Waals surface area contributed by atoms with Gasteiger partial charge in [0.05, 0.1) is 5.75 Å². The van der Waals surface area contributed by atoms with E-state index in [2.05, 4.69) is 15.5 Å². The van der Waals surface area contributed by atoms with Crippen molar-refractivity contribution in [1.29, 1.82) is 0 Å². The van der Waals surface area contributed by atoms with E-state index in [9.17, 15) is 13.6 Å². The Kier molecular flexibility index (Phi) is 5.54. The van der Waals surface area contributed by atoms with Crippen molar-refractivity contribution in [2.75, 3.05) is 11.5 Å². The molecule has 1 aromatic carbocycles. The van der Waals surface area contributed by atoms with Gasteiger partial charge in [0.15, 0.2) is 5.16 Å². The number of halogens is 2. The topological polar surface area (TPSA) is 85.8 Å². The normalized spacial score (nSPS) is 12.2. The van der Waals surface area contributed by atoms with Crippen LogP contribution >= 0.6 is 11.8 Å². The van der Waals surface area contributed by atoms with Gasteiger partial charge in [-0.05, 0) is 25.5 Å². The number of nitrogens with two attached hydrogens (primary N) is 1. The molecule has 23 heavy (non-hydrogen) atoms. The minimum atomic E-state index is -0.616. The van der Waals surface area contributed by atoms with E-state index in [-0.39, 0.29) is 29.6 Å². The third kappa shape index (κ3) is 4.41. The number of hydrogen-bond donors (Lipinski definition) is 2. The van der Waals surface area contributed by atoms with Crippen LogP contribution in [0.1, 0.15) is 12.5 Å². The number of anilines is 1. The molecule has 2 rings (SSSR count). The van der Waals surface area contributed by atoms with E-state index in [0.29, 0.717) is 5.16 Å². The highest BCUT2D eigenvalue weighted by atomic mass is 32.2. The number of thioether (sulfide) groups is 1. The maximum atomic E-state index is 13.6. The number of nitrogens with one attached hydrogen (secondary N) is 1. The maximum absolute atomic E-state index is 13.6. The Morgan fingerprint density at radius 1 is 1.39 bits per heavy atom. The van der Waals surface area contributed by atoms with Crippen LogP contribution < -0.4 is 11.1 Å². The molecule has 6 nitrogen and oxygen atoms in total. The third-order valence-electron chi connectivity index (χ3n) is 3.18. The molecule has 3 N–H and O–H groups in total. The van der Waals surface area contributed by atoms with Gasteiger partial charge < -0.3 is 11.1 Å². The zero-order valence-corrected chi connectivity index (χ0v) is 13.5. The van der Waals surface area contributed by atoms with Gasteiger partial charge in [0.25, 0.3) is 0 Å². The lowest BCUT2D eigenvalue weighted by atomic mass is 10.1. The number of hydrogen-bond acceptors (Lipinski definition) is 5. The Morgan fingerprint density at radius 3 is 2.61 bits per heavy atom. The molecule has 1 unspecified atom stereocenters. The van der Waals surface area contributed by atoms with E-state index in [1.54, 1.807) is 18.5 Å². The van der Waals surface area contributed by atoms with E-state index in [1.165, 1.54) is 30.0 Å². The lowest BCUT2D eigenvalue weighted by molar-refractivity contribution is -0.119. The number of rotatable bonds is 6. The van der Waals surface area contributed by atoms with Gasteiger partial charge >= 0.3 is 0 Å². The van der Waals surface area contributed by atoms with Gasteiger partial charge in [-0.1, -0.05) is 17.8 Å². The first kappa shape index (κ1) is 17.2. The second-order valence-electron chi connectivity index (χ2n) is 5.06. The van der Waals surface area contributed by atoms with Crippen molar-refractivity contribution >= 4 is 23.6 Å². The monoisotopic (exact) mass is 341 g/mol. The van der Waals surface area contributed by atoms with Gasteiger partial charge in [0.2, 0.25) is 11.9 Å². The Hall–Kier alpha value is -2.16. The zero-order chi connectivity index (χ0) is 17.0. The van der Waals surface area contributed by atoms with Crippen LogP contribution in [0.3, 0.4) is 0 Å². The fraction of sp³-hybridized carbons (Fsp3) is 0.357. The number of amides is 1. The van der Waals surface area contributed by atoms with Crippen LogP contribution in [0, 0.1) is 11.6 Å².